The minimum atomic E-state index is -0.376. The highest BCUT2D eigenvalue weighted by Gasteiger charge is 2.37. The lowest BCUT2D eigenvalue weighted by Crippen LogP contribution is -2.49. The van der Waals surface area contributed by atoms with E-state index in [1.165, 1.54) is 31.2 Å². The SMILES string of the molecule is COc1ccc([C@H]2C[C@H](O[C@@H]3CCCC[C@H]3c3ccccc3)ON[C@@H]2CO)cc1OC1CCCC1. The van der Waals surface area contributed by atoms with Crippen LogP contribution in [0.5, 0.6) is 11.5 Å². The van der Waals surface area contributed by atoms with Crippen LogP contribution in [0.15, 0.2) is 48.5 Å². The van der Waals surface area contributed by atoms with Crippen molar-refractivity contribution >= 4 is 0 Å². The van der Waals surface area contributed by atoms with Crippen molar-refractivity contribution < 1.29 is 24.2 Å². The van der Waals surface area contributed by atoms with Crippen LogP contribution in [0.4, 0.5) is 0 Å². The van der Waals surface area contributed by atoms with Gasteiger partial charge in [-0.1, -0.05) is 49.2 Å². The highest BCUT2D eigenvalue weighted by atomic mass is 16.8. The summed E-state index contributed by atoms with van der Waals surface area (Å²) < 4.78 is 18.5. The molecule has 5 rings (SSSR count). The molecule has 1 heterocycles. The summed E-state index contributed by atoms with van der Waals surface area (Å²) in [6.07, 6.45) is 9.86. The number of aliphatic hydroxyl groups is 1. The molecule has 6 heteroatoms. The molecule has 0 radical (unpaired) electrons. The second kappa shape index (κ2) is 11.7. The Morgan fingerprint density at radius 3 is 2.43 bits per heavy atom. The summed E-state index contributed by atoms with van der Waals surface area (Å²) in [4.78, 5) is 5.91. The van der Waals surface area contributed by atoms with E-state index in [9.17, 15) is 5.11 Å². The van der Waals surface area contributed by atoms with Crippen LogP contribution >= 0.6 is 0 Å². The van der Waals surface area contributed by atoms with E-state index >= 15 is 0 Å². The third-order valence-electron chi connectivity index (χ3n) is 7.95. The van der Waals surface area contributed by atoms with E-state index in [2.05, 4.69) is 47.9 Å². The van der Waals surface area contributed by atoms with Gasteiger partial charge in [-0.2, -0.15) is 5.48 Å². The first-order valence-corrected chi connectivity index (χ1v) is 13.3. The molecule has 0 spiro atoms. The number of aliphatic hydroxyl groups excluding tert-OH is 1. The van der Waals surface area contributed by atoms with Crippen LogP contribution < -0.4 is 15.0 Å². The Balaban J connectivity index is 1.32. The molecule has 2 saturated carbocycles. The smallest absolute Gasteiger partial charge is 0.178 e. The molecule has 0 amide bonds. The molecule has 2 N–H and O–H groups in total. The van der Waals surface area contributed by atoms with Crippen molar-refractivity contribution in [2.75, 3.05) is 13.7 Å². The molecular weight excluding hydrogens is 442 g/mol. The standard InChI is InChI=1S/C29H39NO5/c1-32-27-16-15-21(17-28(27)33-22-11-5-6-12-22)24-18-29(35-30-25(24)19-31)34-26-14-8-7-13-23(26)20-9-3-2-4-10-20/h2-4,9-10,15-17,22-26,29-31H,5-8,11-14,18-19H2,1H3/t23-,24+,25+,26+,29+/m0/s1. The molecule has 0 aromatic heterocycles. The predicted molar refractivity (Wildman–Crippen MR) is 135 cm³/mol. The number of hydrogen-bond acceptors (Lipinski definition) is 6. The third kappa shape index (κ3) is 5.83. The fraction of sp³-hybridized carbons (Fsp3) is 0.586. The Bertz CT molecular complexity index is 932. The highest BCUT2D eigenvalue weighted by molar-refractivity contribution is 5.44. The van der Waals surface area contributed by atoms with Crippen LogP contribution in [0.25, 0.3) is 0 Å². The number of hydrogen-bond donors (Lipinski definition) is 2. The van der Waals surface area contributed by atoms with Crippen molar-refractivity contribution in [3.8, 4) is 11.5 Å². The average molecular weight is 482 g/mol. The molecule has 6 nitrogen and oxygen atoms in total. The molecule has 1 aliphatic heterocycles. The second-order valence-corrected chi connectivity index (χ2v) is 10.2. The van der Waals surface area contributed by atoms with Crippen molar-refractivity contribution in [3.63, 3.8) is 0 Å². The van der Waals surface area contributed by atoms with Gasteiger partial charge in [0.1, 0.15) is 0 Å². The van der Waals surface area contributed by atoms with Gasteiger partial charge in [0.15, 0.2) is 17.8 Å². The zero-order valence-corrected chi connectivity index (χ0v) is 20.7. The number of nitrogens with one attached hydrogen (secondary N) is 1. The summed E-state index contributed by atoms with van der Waals surface area (Å²) in [5, 5.41) is 10.1. The topological polar surface area (TPSA) is 69.2 Å². The summed E-state index contributed by atoms with van der Waals surface area (Å²) in [5.41, 5.74) is 5.53. The van der Waals surface area contributed by atoms with E-state index in [0.29, 0.717) is 12.3 Å². The van der Waals surface area contributed by atoms with E-state index in [4.69, 9.17) is 19.0 Å². The summed E-state index contributed by atoms with van der Waals surface area (Å²) in [5.74, 6) is 1.96. The van der Waals surface area contributed by atoms with Crippen molar-refractivity contribution in [2.45, 2.75) is 94.2 Å². The molecule has 2 aromatic rings. The summed E-state index contributed by atoms with van der Waals surface area (Å²) in [7, 11) is 1.68. The molecule has 0 unspecified atom stereocenters. The van der Waals surface area contributed by atoms with E-state index in [-0.39, 0.29) is 37.1 Å². The first-order valence-electron chi connectivity index (χ1n) is 13.3. The highest BCUT2D eigenvalue weighted by Crippen LogP contribution is 2.40. The van der Waals surface area contributed by atoms with Gasteiger partial charge in [0, 0.05) is 18.3 Å². The van der Waals surface area contributed by atoms with Crippen LogP contribution in [0.3, 0.4) is 0 Å². The monoisotopic (exact) mass is 481 g/mol. The van der Waals surface area contributed by atoms with Gasteiger partial charge in [-0.05, 0) is 61.8 Å². The van der Waals surface area contributed by atoms with Crippen LogP contribution in [0.2, 0.25) is 0 Å². The van der Waals surface area contributed by atoms with Gasteiger partial charge >= 0.3 is 0 Å². The molecule has 5 atom stereocenters. The van der Waals surface area contributed by atoms with Gasteiger partial charge in [-0.3, -0.25) is 4.84 Å². The molecule has 2 aromatic carbocycles. The van der Waals surface area contributed by atoms with E-state index in [1.54, 1.807) is 7.11 Å². The largest absolute Gasteiger partial charge is 0.493 e. The van der Waals surface area contributed by atoms with Gasteiger partial charge < -0.3 is 19.3 Å². The molecule has 1 saturated heterocycles. The van der Waals surface area contributed by atoms with Crippen molar-refractivity contribution in [2.24, 2.45) is 0 Å². The Morgan fingerprint density at radius 1 is 0.886 bits per heavy atom. The molecule has 0 bridgehead atoms. The maximum absolute atomic E-state index is 10.1. The molecule has 2 aliphatic carbocycles. The average Bonchev–Trinajstić information content (AvgIpc) is 3.42. The normalized spacial score (nSPS) is 29.7. The molecule has 35 heavy (non-hydrogen) atoms. The lowest BCUT2D eigenvalue weighted by atomic mass is 9.81. The van der Waals surface area contributed by atoms with Crippen LogP contribution in [0.1, 0.15) is 80.8 Å². The van der Waals surface area contributed by atoms with Gasteiger partial charge in [0.2, 0.25) is 0 Å². The zero-order valence-electron chi connectivity index (χ0n) is 20.7. The maximum atomic E-state index is 10.1. The summed E-state index contributed by atoms with van der Waals surface area (Å²) in [6, 6.07) is 16.6. The lowest BCUT2D eigenvalue weighted by molar-refractivity contribution is -0.244. The van der Waals surface area contributed by atoms with Gasteiger partial charge in [0.05, 0.1) is 32.0 Å². The number of rotatable bonds is 8. The van der Waals surface area contributed by atoms with Crippen molar-refractivity contribution in [3.05, 3.63) is 59.7 Å². The summed E-state index contributed by atoms with van der Waals surface area (Å²) >= 11 is 0. The number of ether oxygens (including phenoxy) is 3. The number of methoxy groups -OCH3 is 1. The second-order valence-electron chi connectivity index (χ2n) is 10.2. The predicted octanol–water partition coefficient (Wildman–Crippen LogP) is 5.46. The molecule has 190 valence electrons. The minimum absolute atomic E-state index is 0.0156. The van der Waals surface area contributed by atoms with Crippen LogP contribution in [0, 0.1) is 0 Å². The van der Waals surface area contributed by atoms with Gasteiger partial charge in [-0.25, -0.2) is 0 Å². The Morgan fingerprint density at radius 2 is 1.66 bits per heavy atom. The zero-order chi connectivity index (χ0) is 24.0. The number of benzene rings is 2. The fourth-order valence-corrected chi connectivity index (χ4v) is 6.02. The van der Waals surface area contributed by atoms with Crippen molar-refractivity contribution in [1.29, 1.82) is 0 Å². The summed E-state index contributed by atoms with van der Waals surface area (Å²) in [6.45, 7) is -0.0156. The first kappa shape index (κ1) is 24.6. The fourth-order valence-electron chi connectivity index (χ4n) is 6.02. The van der Waals surface area contributed by atoms with E-state index in [0.717, 1.165) is 42.7 Å². The maximum Gasteiger partial charge on any atom is 0.178 e. The first-order chi connectivity index (χ1) is 17.2. The third-order valence-corrected chi connectivity index (χ3v) is 7.95. The molecular formula is C29H39NO5. The van der Waals surface area contributed by atoms with Gasteiger partial charge in [-0.15, -0.1) is 0 Å². The Kier molecular flexibility index (Phi) is 8.24. The van der Waals surface area contributed by atoms with Crippen LogP contribution in [-0.4, -0.2) is 43.4 Å². The number of hydroxylamine groups is 1. The van der Waals surface area contributed by atoms with Crippen LogP contribution in [-0.2, 0) is 9.57 Å². The van der Waals surface area contributed by atoms with Gasteiger partial charge in [0.25, 0.3) is 0 Å². The van der Waals surface area contributed by atoms with Crippen molar-refractivity contribution in [1.82, 2.24) is 5.48 Å². The quantitative estimate of drug-likeness (QED) is 0.522. The minimum Gasteiger partial charge on any atom is -0.493 e. The molecule has 3 aliphatic rings. The lowest BCUT2D eigenvalue weighted by Gasteiger charge is -2.40. The Labute approximate surface area is 208 Å². The Hall–Kier alpha value is -2.12. The molecule has 3 fully saturated rings. The van der Waals surface area contributed by atoms with E-state index in [1.807, 2.05) is 6.07 Å². The van der Waals surface area contributed by atoms with E-state index < -0.39 is 0 Å².